The van der Waals surface area contributed by atoms with Gasteiger partial charge in [-0.25, -0.2) is 0 Å². The summed E-state index contributed by atoms with van der Waals surface area (Å²) in [6, 6.07) is 84.7. The van der Waals surface area contributed by atoms with Gasteiger partial charge in [0.15, 0.2) is 0 Å². The van der Waals surface area contributed by atoms with Crippen LogP contribution in [-0.4, -0.2) is 9.13 Å². The first-order valence-electron chi connectivity index (χ1n) is 23.2. The van der Waals surface area contributed by atoms with Crippen LogP contribution in [0.5, 0.6) is 0 Å². The molecule has 4 heterocycles. The van der Waals surface area contributed by atoms with Gasteiger partial charge in [-0.05, 0) is 129 Å². The van der Waals surface area contributed by atoms with Crippen LogP contribution in [-0.2, 0) is 0 Å². The zero-order valence-corrected chi connectivity index (χ0v) is 37.5. The number of para-hydroxylation sites is 1. The molecule has 4 aromatic heterocycles. The highest BCUT2D eigenvalue weighted by atomic mass is 32.1. The van der Waals surface area contributed by atoms with Gasteiger partial charge in [0, 0.05) is 53.5 Å². The number of hydrogen-bond donors (Lipinski definition) is 0. The molecule has 0 aliphatic carbocycles. The van der Waals surface area contributed by atoms with Crippen LogP contribution >= 0.6 is 11.3 Å². The molecule has 15 aromatic rings. The minimum Gasteiger partial charge on any atom is -0.456 e. The van der Waals surface area contributed by atoms with Crippen LogP contribution in [0.2, 0.25) is 0 Å². The van der Waals surface area contributed by atoms with E-state index in [4.69, 9.17) is 4.42 Å². The lowest BCUT2D eigenvalue weighted by Gasteiger charge is -2.11. The van der Waals surface area contributed by atoms with Gasteiger partial charge in [0.2, 0.25) is 0 Å². The molecule has 0 N–H and O–H groups in total. The highest BCUT2D eigenvalue weighted by molar-refractivity contribution is 7.26. The van der Waals surface area contributed by atoms with E-state index in [1.807, 2.05) is 23.5 Å². The summed E-state index contributed by atoms with van der Waals surface area (Å²) in [7, 11) is 0. The van der Waals surface area contributed by atoms with E-state index < -0.39 is 0 Å². The van der Waals surface area contributed by atoms with E-state index in [0.717, 1.165) is 33.2 Å². The second kappa shape index (κ2) is 14.4. The highest BCUT2D eigenvalue weighted by Crippen LogP contribution is 2.44. The maximum absolute atomic E-state index is 6.25. The Morgan fingerprint density at radius 2 is 0.868 bits per heavy atom. The average molecular weight is 883 g/mol. The maximum Gasteiger partial charge on any atom is 0.135 e. The molecule has 0 aliphatic rings. The van der Waals surface area contributed by atoms with E-state index in [9.17, 15) is 0 Å². The Morgan fingerprint density at radius 1 is 0.309 bits per heavy atom. The fourth-order valence-electron chi connectivity index (χ4n) is 11.2. The molecule has 68 heavy (non-hydrogen) atoms. The SMILES string of the molecule is c1ccc(-c2cccc(-n3c4ccc(-c5ccc6c(c5)c5cc(-c7ccc8oc9ccccc9c8c7)ccc5n6-c5cccc6c5sc5ccccc56)cc4c4c5ccccc5ccc43)c2)cc1. The largest absolute Gasteiger partial charge is 0.456 e. The fraction of sp³-hybridized carbons (Fsp3) is 0. The summed E-state index contributed by atoms with van der Waals surface area (Å²) in [5.41, 5.74) is 16.0. The van der Waals surface area contributed by atoms with Crippen molar-refractivity contribution in [2.45, 2.75) is 0 Å². The van der Waals surface area contributed by atoms with Crippen molar-refractivity contribution in [1.29, 1.82) is 0 Å². The van der Waals surface area contributed by atoms with Gasteiger partial charge in [-0.1, -0.05) is 146 Å². The van der Waals surface area contributed by atoms with E-state index >= 15 is 0 Å². The van der Waals surface area contributed by atoms with E-state index in [2.05, 4.69) is 228 Å². The first-order chi connectivity index (χ1) is 33.7. The number of benzene rings is 11. The Balaban J connectivity index is 0.962. The van der Waals surface area contributed by atoms with E-state index in [-0.39, 0.29) is 0 Å². The van der Waals surface area contributed by atoms with Gasteiger partial charge in [0.05, 0.1) is 32.5 Å². The van der Waals surface area contributed by atoms with Gasteiger partial charge in [-0.2, -0.15) is 0 Å². The third kappa shape index (κ3) is 5.53. The number of aromatic nitrogens is 2. The first-order valence-corrected chi connectivity index (χ1v) is 24.0. The third-order valence-electron chi connectivity index (χ3n) is 14.3. The lowest BCUT2D eigenvalue weighted by Crippen LogP contribution is -1.94. The smallest absolute Gasteiger partial charge is 0.135 e. The third-order valence-corrected chi connectivity index (χ3v) is 15.5. The maximum atomic E-state index is 6.25. The number of nitrogens with zero attached hydrogens (tertiary/aromatic N) is 2. The first kappa shape index (κ1) is 37.5. The van der Waals surface area contributed by atoms with Crippen molar-refractivity contribution in [2.75, 3.05) is 0 Å². The molecule has 0 radical (unpaired) electrons. The molecular formula is C64H38N2OS. The van der Waals surface area contributed by atoms with Crippen molar-refractivity contribution < 1.29 is 4.42 Å². The Morgan fingerprint density at radius 3 is 1.66 bits per heavy atom. The summed E-state index contributed by atoms with van der Waals surface area (Å²) in [6.07, 6.45) is 0. The van der Waals surface area contributed by atoms with Crippen LogP contribution in [0.4, 0.5) is 0 Å². The Hall–Kier alpha value is -8.70. The molecule has 0 spiro atoms. The van der Waals surface area contributed by atoms with Gasteiger partial charge < -0.3 is 13.6 Å². The van der Waals surface area contributed by atoms with Crippen molar-refractivity contribution in [3.63, 3.8) is 0 Å². The molecule has 15 rings (SSSR count). The van der Waals surface area contributed by atoms with Crippen molar-refractivity contribution >= 4 is 108 Å². The lowest BCUT2D eigenvalue weighted by atomic mass is 9.98. The van der Waals surface area contributed by atoms with Crippen molar-refractivity contribution in [3.05, 3.63) is 231 Å². The second-order valence-electron chi connectivity index (χ2n) is 18.0. The van der Waals surface area contributed by atoms with E-state index in [0.29, 0.717) is 0 Å². The molecule has 0 unspecified atom stereocenters. The fourth-order valence-corrected chi connectivity index (χ4v) is 12.4. The standard InChI is InChI=1S/C64H38N2OS/c1-2-12-39(13-3-1)41-15-10-16-46(34-41)65-57-31-27-44(38-54(57)63-47-17-5-4-14-40(47)24-32-58(63)65)42-25-29-55-51(35-42)52-36-43(45-28-33-61-53(37-45)48-18-6-8-22-60(48)67-61)26-30-56(52)66(55)59-21-11-20-50-49-19-7-9-23-62(49)68-64(50)59/h1-38H. The second-order valence-corrected chi connectivity index (χ2v) is 19.1. The predicted molar refractivity (Wildman–Crippen MR) is 289 cm³/mol. The predicted octanol–water partition coefficient (Wildman–Crippen LogP) is 18.3. The molecule has 0 aliphatic heterocycles. The molecule has 4 heteroatoms. The summed E-state index contributed by atoms with van der Waals surface area (Å²) in [5.74, 6) is 0. The minimum absolute atomic E-state index is 0.905. The van der Waals surface area contributed by atoms with Gasteiger partial charge in [-0.3, -0.25) is 0 Å². The molecule has 0 bridgehead atoms. The molecule has 0 amide bonds. The molecule has 11 aromatic carbocycles. The molecule has 0 atom stereocenters. The summed E-state index contributed by atoms with van der Waals surface area (Å²) < 4.78 is 13.8. The van der Waals surface area contributed by atoms with Crippen molar-refractivity contribution in [3.8, 4) is 44.8 Å². The van der Waals surface area contributed by atoms with Crippen LogP contribution in [0.25, 0.3) is 141 Å². The quantitative estimate of drug-likeness (QED) is 0.169. The molecular weight excluding hydrogens is 845 g/mol. The average Bonchev–Trinajstić information content (AvgIpc) is 4.16. The number of hydrogen-bond acceptors (Lipinski definition) is 2. The molecule has 0 saturated heterocycles. The number of rotatable bonds is 5. The zero-order chi connectivity index (χ0) is 44.5. The van der Waals surface area contributed by atoms with Gasteiger partial charge in [-0.15, -0.1) is 11.3 Å². The summed E-state index contributed by atoms with van der Waals surface area (Å²) >= 11 is 1.88. The van der Waals surface area contributed by atoms with Crippen LogP contribution < -0.4 is 0 Å². The van der Waals surface area contributed by atoms with Crippen LogP contribution in [0.1, 0.15) is 0 Å². The monoisotopic (exact) mass is 882 g/mol. The van der Waals surface area contributed by atoms with Gasteiger partial charge in [0.25, 0.3) is 0 Å². The van der Waals surface area contributed by atoms with Crippen LogP contribution in [0.15, 0.2) is 235 Å². The minimum atomic E-state index is 0.905. The topological polar surface area (TPSA) is 23.0 Å². The number of furan rings is 1. The van der Waals surface area contributed by atoms with Crippen LogP contribution in [0.3, 0.4) is 0 Å². The Bertz CT molecular complexity index is 4560. The molecule has 316 valence electrons. The summed E-state index contributed by atoms with van der Waals surface area (Å²) in [4.78, 5) is 0. The number of fused-ring (bicyclic) bond motifs is 14. The van der Waals surface area contributed by atoms with Gasteiger partial charge >= 0.3 is 0 Å². The summed E-state index contributed by atoms with van der Waals surface area (Å²) in [6.45, 7) is 0. The van der Waals surface area contributed by atoms with Crippen molar-refractivity contribution in [2.24, 2.45) is 0 Å². The molecule has 0 saturated carbocycles. The highest BCUT2D eigenvalue weighted by Gasteiger charge is 2.21. The molecule has 0 fully saturated rings. The number of thiophene rings is 1. The van der Waals surface area contributed by atoms with Gasteiger partial charge in [0.1, 0.15) is 11.2 Å². The normalized spacial score (nSPS) is 12.1. The van der Waals surface area contributed by atoms with E-state index in [1.165, 1.54) is 108 Å². The Labute approximate surface area is 394 Å². The zero-order valence-electron chi connectivity index (χ0n) is 36.7. The lowest BCUT2D eigenvalue weighted by molar-refractivity contribution is 0.669. The van der Waals surface area contributed by atoms with Crippen molar-refractivity contribution in [1.82, 2.24) is 9.13 Å². The molecule has 3 nitrogen and oxygen atoms in total. The summed E-state index contributed by atoms with van der Waals surface area (Å²) in [5, 5.41) is 12.3. The Kier molecular flexibility index (Phi) is 7.94. The van der Waals surface area contributed by atoms with E-state index in [1.54, 1.807) is 0 Å². The van der Waals surface area contributed by atoms with Crippen LogP contribution in [0, 0.1) is 0 Å².